The molecule has 106 valence electrons. The molecule has 0 heterocycles. The van der Waals surface area contributed by atoms with Gasteiger partial charge in [0.15, 0.2) is 0 Å². The zero-order valence-electron chi connectivity index (χ0n) is 12.2. The molecule has 0 unspecified atom stereocenters. The van der Waals surface area contributed by atoms with E-state index in [1.807, 2.05) is 12.1 Å². The first kappa shape index (κ1) is 13.7. The van der Waals surface area contributed by atoms with E-state index in [4.69, 9.17) is 0 Å². The van der Waals surface area contributed by atoms with E-state index in [2.05, 4.69) is 54.4 Å². The molecule has 0 saturated heterocycles. The van der Waals surface area contributed by atoms with Crippen LogP contribution in [0.3, 0.4) is 0 Å². The van der Waals surface area contributed by atoms with Gasteiger partial charge in [-0.3, -0.25) is 4.90 Å². The molecule has 0 amide bonds. The maximum Gasteiger partial charge on any atom is 0.115 e. The molecule has 0 saturated carbocycles. The first-order chi connectivity index (χ1) is 10.2. The van der Waals surface area contributed by atoms with Crippen molar-refractivity contribution in [3.05, 3.63) is 77.9 Å². The molecule has 0 aliphatic carbocycles. The molecular weight excluding hydrogens is 258 g/mol. The van der Waals surface area contributed by atoms with Gasteiger partial charge in [-0.2, -0.15) is 0 Å². The smallest absolute Gasteiger partial charge is 0.115 e. The lowest BCUT2D eigenvalue weighted by molar-refractivity contribution is 0.320. The zero-order chi connectivity index (χ0) is 14.7. The zero-order valence-corrected chi connectivity index (χ0v) is 12.2. The Labute approximate surface area is 125 Å². The van der Waals surface area contributed by atoms with Gasteiger partial charge in [0, 0.05) is 13.1 Å². The topological polar surface area (TPSA) is 23.5 Å². The Hall–Kier alpha value is -2.32. The fourth-order valence-electron chi connectivity index (χ4n) is 2.69. The third-order valence-electron chi connectivity index (χ3n) is 3.71. The van der Waals surface area contributed by atoms with Gasteiger partial charge < -0.3 is 5.11 Å². The van der Waals surface area contributed by atoms with E-state index < -0.39 is 0 Å². The fraction of sp³-hybridized carbons (Fsp3) is 0.158. The summed E-state index contributed by atoms with van der Waals surface area (Å²) in [5, 5.41) is 11.9. The van der Waals surface area contributed by atoms with E-state index in [0.29, 0.717) is 5.75 Å². The van der Waals surface area contributed by atoms with Crippen LogP contribution in [-0.4, -0.2) is 17.1 Å². The summed E-state index contributed by atoms with van der Waals surface area (Å²) in [7, 11) is 2.12. The number of hydrogen-bond acceptors (Lipinski definition) is 2. The molecule has 1 N–H and O–H groups in total. The lowest BCUT2D eigenvalue weighted by atomic mass is 10.0. The Kier molecular flexibility index (Phi) is 3.89. The summed E-state index contributed by atoms with van der Waals surface area (Å²) in [6, 6.07) is 22.4. The van der Waals surface area contributed by atoms with Crippen LogP contribution in [0.5, 0.6) is 5.75 Å². The van der Waals surface area contributed by atoms with Crippen molar-refractivity contribution in [2.45, 2.75) is 13.1 Å². The Morgan fingerprint density at radius 3 is 2.33 bits per heavy atom. The monoisotopic (exact) mass is 277 g/mol. The lowest BCUT2D eigenvalue weighted by Gasteiger charge is -2.18. The van der Waals surface area contributed by atoms with E-state index in [0.717, 1.165) is 13.1 Å². The molecule has 0 aromatic heterocycles. The number of aromatic hydroxyl groups is 1. The highest BCUT2D eigenvalue weighted by molar-refractivity contribution is 5.85. The molecule has 0 bridgehead atoms. The number of nitrogens with zero attached hydrogens (tertiary/aromatic N) is 1. The minimum Gasteiger partial charge on any atom is -0.508 e. The van der Waals surface area contributed by atoms with Crippen molar-refractivity contribution in [1.82, 2.24) is 4.90 Å². The molecule has 0 fully saturated rings. The quantitative estimate of drug-likeness (QED) is 0.773. The molecule has 3 aromatic rings. The Bertz CT molecular complexity index is 729. The number of rotatable bonds is 4. The normalized spacial score (nSPS) is 11.1. The van der Waals surface area contributed by atoms with Gasteiger partial charge in [-0.1, -0.05) is 54.6 Å². The van der Waals surface area contributed by atoms with Crippen molar-refractivity contribution in [1.29, 1.82) is 0 Å². The van der Waals surface area contributed by atoms with Crippen molar-refractivity contribution in [2.24, 2.45) is 0 Å². The van der Waals surface area contributed by atoms with Gasteiger partial charge in [-0.25, -0.2) is 0 Å². The highest BCUT2D eigenvalue weighted by Gasteiger charge is 2.05. The van der Waals surface area contributed by atoms with Crippen molar-refractivity contribution < 1.29 is 5.11 Å². The van der Waals surface area contributed by atoms with Gasteiger partial charge in [0.1, 0.15) is 5.75 Å². The largest absolute Gasteiger partial charge is 0.508 e. The van der Waals surface area contributed by atoms with E-state index in [1.54, 1.807) is 12.1 Å². The van der Waals surface area contributed by atoms with Crippen LogP contribution in [0.1, 0.15) is 11.1 Å². The maximum absolute atomic E-state index is 9.33. The van der Waals surface area contributed by atoms with E-state index in [-0.39, 0.29) is 0 Å². The van der Waals surface area contributed by atoms with E-state index in [1.165, 1.54) is 21.9 Å². The van der Waals surface area contributed by atoms with Crippen LogP contribution >= 0.6 is 0 Å². The van der Waals surface area contributed by atoms with Gasteiger partial charge in [0.2, 0.25) is 0 Å². The van der Waals surface area contributed by atoms with Crippen LogP contribution in [0.15, 0.2) is 66.7 Å². The number of hydrogen-bond donors (Lipinski definition) is 1. The van der Waals surface area contributed by atoms with Gasteiger partial charge >= 0.3 is 0 Å². The van der Waals surface area contributed by atoms with Crippen LogP contribution < -0.4 is 0 Å². The number of phenols is 1. The summed E-state index contributed by atoms with van der Waals surface area (Å²) < 4.78 is 0. The average Bonchev–Trinajstić information content (AvgIpc) is 2.50. The second-order valence-electron chi connectivity index (χ2n) is 5.48. The van der Waals surface area contributed by atoms with E-state index >= 15 is 0 Å². The first-order valence-electron chi connectivity index (χ1n) is 7.15. The summed E-state index contributed by atoms with van der Waals surface area (Å²) in [5.74, 6) is 0.315. The van der Waals surface area contributed by atoms with Crippen LogP contribution in [0.2, 0.25) is 0 Å². The number of benzene rings is 3. The van der Waals surface area contributed by atoms with Gasteiger partial charge in [0.25, 0.3) is 0 Å². The van der Waals surface area contributed by atoms with Crippen LogP contribution in [0, 0.1) is 0 Å². The predicted octanol–water partition coefficient (Wildman–Crippen LogP) is 4.18. The summed E-state index contributed by atoms with van der Waals surface area (Å²) in [6.07, 6.45) is 0. The van der Waals surface area contributed by atoms with E-state index in [9.17, 15) is 5.11 Å². The molecule has 0 aliphatic heterocycles. The Morgan fingerprint density at radius 1 is 0.810 bits per heavy atom. The van der Waals surface area contributed by atoms with Crippen LogP contribution in [0.4, 0.5) is 0 Å². The third-order valence-corrected chi connectivity index (χ3v) is 3.71. The Balaban J connectivity index is 1.77. The highest BCUT2D eigenvalue weighted by atomic mass is 16.3. The molecule has 2 heteroatoms. The van der Waals surface area contributed by atoms with Gasteiger partial charge in [-0.05, 0) is 41.1 Å². The maximum atomic E-state index is 9.33. The average molecular weight is 277 g/mol. The van der Waals surface area contributed by atoms with Crippen LogP contribution in [0.25, 0.3) is 10.8 Å². The molecule has 0 atom stereocenters. The first-order valence-corrected chi connectivity index (χ1v) is 7.15. The van der Waals surface area contributed by atoms with Gasteiger partial charge in [0.05, 0.1) is 0 Å². The highest BCUT2D eigenvalue weighted by Crippen LogP contribution is 2.20. The van der Waals surface area contributed by atoms with Crippen molar-refractivity contribution in [2.75, 3.05) is 7.05 Å². The Morgan fingerprint density at radius 2 is 1.52 bits per heavy atom. The third kappa shape index (κ3) is 3.23. The van der Waals surface area contributed by atoms with Crippen molar-refractivity contribution >= 4 is 10.8 Å². The summed E-state index contributed by atoms with van der Waals surface area (Å²) in [6.45, 7) is 1.77. The number of phenolic OH excluding ortho intramolecular Hbond substituents is 1. The summed E-state index contributed by atoms with van der Waals surface area (Å²) in [4.78, 5) is 2.29. The number of fused-ring (bicyclic) bond motifs is 1. The molecule has 3 rings (SSSR count). The molecule has 21 heavy (non-hydrogen) atoms. The fourth-order valence-corrected chi connectivity index (χ4v) is 2.69. The SMILES string of the molecule is CN(Cc1ccc(O)cc1)Cc1cccc2ccccc12. The lowest BCUT2D eigenvalue weighted by Crippen LogP contribution is -2.17. The summed E-state index contributed by atoms with van der Waals surface area (Å²) >= 11 is 0. The second kappa shape index (κ2) is 5.98. The molecule has 3 aromatic carbocycles. The predicted molar refractivity (Wildman–Crippen MR) is 87.2 cm³/mol. The van der Waals surface area contributed by atoms with Gasteiger partial charge in [-0.15, -0.1) is 0 Å². The summed E-state index contributed by atoms with van der Waals surface area (Å²) in [5.41, 5.74) is 2.55. The standard InChI is InChI=1S/C19H19NO/c1-20(13-15-9-11-18(21)12-10-15)14-17-7-4-6-16-5-2-3-8-19(16)17/h2-12,21H,13-14H2,1H3. The molecule has 0 spiro atoms. The minimum absolute atomic E-state index is 0.315. The minimum atomic E-state index is 0.315. The van der Waals surface area contributed by atoms with Crippen molar-refractivity contribution in [3.8, 4) is 5.75 Å². The second-order valence-corrected chi connectivity index (χ2v) is 5.48. The van der Waals surface area contributed by atoms with Crippen molar-refractivity contribution in [3.63, 3.8) is 0 Å². The molecule has 0 aliphatic rings. The molecular formula is C19H19NO. The van der Waals surface area contributed by atoms with Crippen LogP contribution in [-0.2, 0) is 13.1 Å². The molecule has 2 nitrogen and oxygen atoms in total. The molecule has 0 radical (unpaired) electrons.